The third-order valence-corrected chi connectivity index (χ3v) is 4.48. The summed E-state index contributed by atoms with van der Waals surface area (Å²) in [5.41, 5.74) is 3.25. The molecule has 0 saturated carbocycles. The Hall–Kier alpha value is -2.70. The second-order valence-electron chi connectivity index (χ2n) is 7.44. The second kappa shape index (κ2) is 9.48. The predicted molar refractivity (Wildman–Crippen MR) is 104 cm³/mol. The maximum Gasteiger partial charge on any atom is 0.310 e. The first kappa shape index (κ1) is 21.6. The lowest BCUT2D eigenvalue weighted by atomic mass is 10.1. The van der Waals surface area contributed by atoms with Gasteiger partial charge in [-0.2, -0.15) is 5.10 Å². The highest BCUT2D eigenvalue weighted by Crippen LogP contribution is 2.16. The molecule has 0 N–H and O–H groups in total. The summed E-state index contributed by atoms with van der Waals surface area (Å²) < 4.78 is 20.3. The van der Waals surface area contributed by atoms with Crippen LogP contribution in [-0.4, -0.2) is 40.2 Å². The maximum atomic E-state index is 13.2. The van der Waals surface area contributed by atoms with Crippen LogP contribution in [0.3, 0.4) is 0 Å². The number of carbonyl (C=O) groups excluding carboxylic acids is 2. The van der Waals surface area contributed by atoms with E-state index in [0.717, 1.165) is 23.5 Å². The summed E-state index contributed by atoms with van der Waals surface area (Å²) >= 11 is 0. The van der Waals surface area contributed by atoms with Crippen molar-refractivity contribution >= 4 is 11.9 Å². The average molecular weight is 389 g/mol. The zero-order valence-corrected chi connectivity index (χ0v) is 17.2. The molecule has 0 unspecified atom stereocenters. The monoisotopic (exact) mass is 389 g/mol. The highest BCUT2D eigenvalue weighted by atomic mass is 19.1. The SMILES string of the molecule is Cc1nn(CC(C)C)c(C)c1CC(=O)OCC(=O)N(C)Cc1cccc(F)c1. The molecule has 0 fully saturated rings. The van der Waals surface area contributed by atoms with Gasteiger partial charge in [-0.1, -0.05) is 26.0 Å². The summed E-state index contributed by atoms with van der Waals surface area (Å²) in [5.74, 6) is -0.720. The summed E-state index contributed by atoms with van der Waals surface area (Å²) in [5, 5.41) is 4.48. The predicted octanol–water partition coefficient (Wildman–Crippen LogP) is 3.04. The van der Waals surface area contributed by atoms with Crippen molar-refractivity contribution in [1.29, 1.82) is 0 Å². The molecule has 0 aliphatic rings. The van der Waals surface area contributed by atoms with Crippen LogP contribution in [0.5, 0.6) is 0 Å². The Labute approximate surface area is 165 Å². The van der Waals surface area contributed by atoms with E-state index >= 15 is 0 Å². The first-order valence-corrected chi connectivity index (χ1v) is 9.34. The number of rotatable bonds is 8. The number of carbonyl (C=O) groups is 2. The molecule has 0 atom stereocenters. The topological polar surface area (TPSA) is 64.4 Å². The highest BCUT2D eigenvalue weighted by Gasteiger charge is 2.18. The molecule has 0 radical (unpaired) electrons. The molecule has 0 saturated heterocycles. The van der Waals surface area contributed by atoms with Crippen LogP contribution in [0.4, 0.5) is 4.39 Å². The minimum atomic E-state index is -0.470. The van der Waals surface area contributed by atoms with Gasteiger partial charge in [-0.25, -0.2) is 4.39 Å². The first-order valence-electron chi connectivity index (χ1n) is 9.34. The second-order valence-corrected chi connectivity index (χ2v) is 7.44. The standard InChI is InChI=1S/C21H28FN3O3/c1-14(2)11-25-16(4)19(15(3)23-25)10-21(27)28-13-20(26)24(5)12-17-7-6-8-18(22)9-17/h6-9,14H,10-13H2,1-5H3. The molecule has 2 aromatic rings. The number of nitrogens with zero attached hydrogens (tertiary/aromatic N) is 3. The molecule has 1 aromatic heterocycles. The third-order valence-electron chi connectivity index (χ3n) is 4.48. The lowest BCUT2D eigenvalue weighted by Crippen LogP contribution is -2.31. The van der Waals surface area contributed by atoms with Crippen molar-refractivity contribution in [1.82, 2.24) is 14.7 Å². The molecule has 7 heteroatoms. The van der Waals surface area contributed by atoms with Gasteiger partial charge in [0.15, 0.2) is 6.61 Å². The van der Waals surface area contributed by atoms with Crippen LogP contribution in [0.2, 0.25) is 0 Å². The van der Waals surface area contributed by atoms with Crippen molar-refractivity contribution in [3.05, 3.63) is 52.6 Å². The Morgan fingerprint density at radius 2 is 2.00 bits per heavy atom. The number of benzene rings is 1. The smallest absolute Gasteiger partial charge is 0.310 e. The van der Waals surface area contributed by atoms with Gasteiger partial charge in [0.05, 0.1) is 12.1 Å². The molecule has 2 rings (SSSR count). The number of amides is 1. The van der Waals surface area contributed by atoms with Crippen molar-refractivity contribution in [3.63, 3.8) is 0 Å². The fraction of sp³-hybridized carbons (Fsp3) is 0.476. The Kier molecular flexibility index (Phi) is 7.31. The van der Waals surface area contributed by atoms with Crippen molar-refractivity contribution < 1.29 is 18.7 Å². The number of hydrogen-bond acceptors (Lipinski definition) is 4. The van der Waals surface area contributed by atoms with Gasteiger partial charge < -0.3 is 9.64 Å². The number of halogens is 1. The van der Waals surface area contributed by atoms with Gasteiger partial charge in [0, 0.05) is 31.4 Å². The van der Waals surface area contributed by atoms with E-state index in [-0.39, 0.29) is 31.3 Å². The summed E-state index contributed by atoms with van der Waals surface area (Å²) in [7, 11) is 1.59. The molecule has 1 amide bonds. The van der Waals surface area contributed by atoms with E-state index in [1.165, 1.54) is 17.0 Å². The Morgan fingerprint density at radius 3 is 2.64 bits per heavy atom. The number of aromatic nitrogens is 2. The molecular formula is C21H28FN3O3. The van der Waals surface area contributed by atoms with Gasteiger partial charge in [-0.3, -0.25) is 14.3 Å². The van der Waals surface area contributed by atoms with Crippen LogP contribution >= 0.6 is 0 Å². The lowest BCUT2D eigenvalue weighted by molar-refractivity contribution is -0.151. The van der Waals surface area contributed by atoms with E-state index < -0.39 is 5.97 Å². The van der Waals surface area contributed by atoms with Crippen LogP contribution in [-0.2, 0) is 33.8 Å². The van der Waals surface area contributed by atoms with Gasteiger partial charge in [0.25, 0.3) is 5.91 Å². The van der Waals surface area contributed by atoms with Crippen molar-refractivity contribution in [2.24, 2.45) is 5.92 Å². The molecule has 0 aliphatic heterocycles. The molecule has 0 spiro atoms. The third kappa shape index (κ3) is 5.90. The summed E-state index contributed by atoms with van der Waals surface area (Å²) in [6.07, 6.45) is 0.0800. The van der Waals surface area contributed by atoms with Gasteiger partial charge in [-0.05, 0) is 37.5 Å². The molecule has 152 valence electrons. The zero-order chi connectivity index (χ0) is 20.8. The minimum absolute atomic E-state index is 0.0800. The maximum absolute atomic E-state index is 13.2. The van der Waals surface area contributed by atoms with Crippen LogP contribution in [0, 0.1) is 25.6 Å². The van der Waals surface area contributed by atoms with Crippen molar-refractivity contribution in [3.8, 4) is 0 Å². The van der Waals surface area contributed by atoms with E-state index in [9.17, 15) is 14.0 Å². The van der Waals surface area contributed by atoms with Crippen LogP contribution in [0.25, 0.3) is 0 Å². The van der Waals surface area contributed by atoms with Crippen molar-refractivity contribution in [2.45, 2.75) is 47.2 Å². The number of esters is 1. The molecule has 1 heterocycles. The number of hydrogen-bond donors (Lipinski definition) is 0. The van der Waals surface area contributed by atoms with Crippen LogP contribution in [0.1, 0.15) is 36.4 Å². The lowest BCUT2D eigenvalue weighted by Gasteiger charge is -2.17. The number of aryl methyl sites for hydroxylation is 1. The largest absolute Gasteiger partial charge is 0.455 e. The fourth-order valence-electron chi connectivity index (χ4n) is 2.96. The Bertz CT molecular complexity index is 845. The van der Waals surface area contributed by atoms with E-state index in [1.54, 1.807) is 19.2 Å². The Balaban J connectivity index is 1.88. The average Bonchev–Trinajstić information content (AvgIpc) is 2.86. The van der Waals surface area contributed by atoms with Gasteiger partial charge >= 0.3 is 5.97 Å². The summed E-state index contributed by atoms with van der Waals surface area (Å²) in [6, 6.07) is 6.04. The van der Waals surface area contributed by atoms with Gasteiger partial charge in [-0.15, -0.1) is 0 Å². The van der Waals surface area contributed by atoms with E-state index in [2.05, 4.69) is 18.9 Å². The normalized spacial score (nSPS) is 11.0. The quantitative estimate of drug-likeness (QED) is 0.651. The van der Waals surface area contributed by atoms with Crippen molar-refractivity contribution in [2.75, 3.05) is 13.7 Å². The Morgan fingerprint density at radius 1 is 1.29 bits per heavy atom. The molecule has 6 nitrogen and oxygen atoms in total. The zero-order valence-electron chi connectivity index (χ0n) is 17.2. The summed E-state index contributed by atoms with van der Waals surface area (Å²) in [4.78, 5) is 25.8. The fourth-order valence-corrected chi connectivity index (χ4v) is 2.96. The van der Waals surface area contributed by atoms with Crippen LogP contribution in [0.15, 0.2) is 24.3 Å². The number of likely N-dealkylation sites (N-methyl/N-ethyl adjacent to an activating group) is 1. The molecule has 0 bridgehead atoms. The molecule has 28 heavy (non-hydrogen) atoms. The summed E-state index contributed by atoms with van der Waals surface area (Å²) in [6.45, 7) is 8.70. The van der Waals surface area contributed by atoms with Gasteiger partial charge in [0.2, 0.25) is 0 Å². The molecule has 0 aliphatic carbocycles. The van der Waals surface area contributed by atoms with Gasteiger partial charge in [0.1, 0.15) is 5.82 Å². The van der Waals surface area contributed by atoms with E-state index in [4.69, 9.17) is 4.74 Å². The van der Waals surface area contributed by atoms with E-state index in [1.807, 2.05) is 18.5 Å². The van der Waals surface area contributed by atoms with Crippen LogP contribution < -0.4 is 0 Å². The molecular weight excluding hydrogens is 361 g/mol. The first-order chi connectivity index (χ1) is 13.2. The van der Waals surface area contributed by atoms with E-state index in [0.29, 0.717) is 11.5 Å². The molecule has 1 aromatic carbocycles. The highest BCUT2D eigenvalue weighted by molar-refractivity contribution is 5.81. The number of ether oxygens (including phenoxy) is 1. The minimum Gasteiger partial charge on any atom is -0.455 e.